The molecule has 0 bridgehead atoms. The Morgan fingerprint density at radius 2 is 2.22 bits per heavy atom. The summed E-state index contributed by atoms with van der Waals surface area (Å²) in [5, 5.41) is 10.0. The average Bonchev–Trinajstić information content (AvgIpc) is 2.84. The van der Waals surface area contributed by atoms with E-state index in [2.05, 4.69) is 28.7 Å². The van der Waals surface area contributed by atoms with Gasteiger partial charge in [0.05, 0.1) is 6.10 Å². The maximum Gasteiger partial charge on any atom is 0.0807 e. The van der Waals surface area contributed by atoms with Gasteiger partial charge in [0.1, 0.15) is 0 Å². The van der Waals surface area contributed by atoms with Crippen molar-refractivity contribution in [2.45, 2.75) is 51.2 Å². The Balaban J connectivity index is 1.84. The summed E-state index contributed by atoms with van der Waals surface area (Å²) in [6.07, 6.45) is 7.78. The zero-order valence-corrected chi connectivity index (χ0v) is 11.3. The fraction of sp³-hybridized carbons (Fsp3) is 0.733. The van der Waals surface area contributed by atoms with Crippen molar-refractivity contribution in [3.8, 4) is 0 Å². The molecule has 3 heteroatoms. The van der Waals surface area contributed by atoms with Crippen LogP contribution in [0.15, 0.2) is 12.3 Å². The molecular weight excluding hydrogens is 224 g/mol. The summed E-state index contributed by atoms with van der Waals surface area (Å²) in [7, 11) is 0. The molecule has 2 aliphatic rings. The number of rotatable bonds is 2. The van der Waals surface area contributed by atoms with E-state index in [1.54, 1.807) is 0 Å². The quantitative estimate of drug-likeness (QED) is 0.871. The molecule has 100 valence electrons. The molecule has 0 spiro atoms. The molecular formula is C15H24N2O. The third kappa shape index (κ3) is 2.10. The molecule has 0 amide bonds. The monoisotopic (exact) mass is 248 g/mol. The van der Waals surface area contributed by atoms with Crippen molar-refractivity contribution in [2.75, 3.05) is 19.6 Å². The minimum absolute atomic E-state index is 0.221. The van der Waals surface area contributed by atoms with Gasteiger partial charge in [-0.05, 0) is 51.3 Å². The molecule has 1 aromatic heterocycles. The average molecular weight is 248 g/mol. The van der Waals surface area contributed by atoms with E-state index < -0.39 is 0 Å². The van der Waals surface area contributed by atoms with Gasteiger partial charge in [-0.25, -0.2) is 0 Å². The molecule has 3 nitrogen and oxygen atoms in total. The Bertz CT molecular complexity index is 413. The lowest BCUT2D eigenvalue weighted by Gasteiger charge is -2.34. The molecule has 1 fully saturated rings. The molecule has 2 unspecified atom stereocenters. The molecule has 1 aliphatic heterocycles. The van der Waals surface area contributed by atoms with E-state index in [9.17, 15) is 5.11 Å². The van der Waals surface area contributed by atoms with E-state index in [0.717, 1.165) is 25.8 Å². The Labute approximate surface area is 109 Å². The first-order valence-corrected chi connectivity index (χ1v) is 7.39. The lowest BCUT2D eigenvalue weighted by Crippen LogP contribution is -2.36. The summed E-state index contributed by atoms with van der Waals surface area (Å²) in [5.41, 5.74) is 2.59. The molecule has 2 heterocycles. The van der Waals surface area contributed by atoms with Crippen LogP contribution in [-0.2, 0) is 6.42 Å². The summed E-state index contributed by atoms with van der Waals surface area (Å²) in [5.74, 6) is 0. The van der Waals surface area contributed by atoms with Gasteiger partial charge in [0.15, 0.2) is 0 Å². The Hall–Kier alpha value is -0.800. The molecule has 18 heavy (non-hydrogen) atoms. The van der Waals surface area contributed by atoms with Crippen molar-refractivity contribution >= 4 is 0 Å². The van der Waals surface area contributed by atoms with Crippen molar-refractivity contribution in [2.24, 2.45) is 0 Å². The first-order valence-electron chi connectivity index (χ1n) is 7.39. The van der Waals surface area contributed by atoms with Crippen molar-refractivity contribution in [1.29, 1.82) is 0 Å². The van der Waals surface area contributed by atoms with Gasteiger partial charge in [-0.3, -0.25) is 0 Å². The Kier molecular flexibility index (Phi) is 3.44. The number of hydrogen-bond donors (Lipinski definition) is 1. The highest BCUT2D eigenvalue weighted by molar-refractivity contribution is 5.28. The van der Waals surface area contributed by atoms with Crippen LogP contribution >= 0.6 is 0 Å². The van der Waals surface area contributed by atoms with Gasteiger partial charge in [-0.15, -0.1) is 0 Å². The van der Waals surface area contributed by atoms with E-state index in [1.165, 1.54) is 37.2 Å². The van der Waals surface area contributed by atoms with E-state index in [4.69, 9.17) is 0 Å². The zero-order valence-electron chi connectivity index (χ0n) is 11.3. The number of hydrogen-bond acceptors (Lipinski definition) is 2. The minimum atomic E-state index is -0.221. The molecule has 3 rings (SSSR count). The highest BCUT2D eigenvalue weighted by Crippen LogP contribution is 2.33. The van der Waals surface area contributed by atoms with Crippen LogP contribution in [0.25, 0.3) is 0 Å². The highest BCUT2D eigenvalue weighted by Gasteiger charge is 2.26. The molecule has 1 saturated heterocycles. The summed E-state index contributed by atoms with van der Waals surface area (Å²) < 4.78 is 2.46. The third-order valence-corrected chi connectivity index (χ3v) is 4.63. The maximum atomic E-state index is 10.0. The predicted octanol–water partition coefficient (Wildman–Crippen LogP) is 2.51. The fourth-order valence-corrected chi connectivity index (χ4v) is 3.58. The summed E-state index contributed by atoms with van der Waals surface area (Å²) in [6, 6.07) is 2.76. The third-order valence-electron chi connectivity index (χ3n) is 4.63. The molecule has 2 atom stereocenters. The number of aliphatic hydroxyl groups is 1. The number of likely N-dealkylation sites (N-methyl/N-ethyl adjacent to an activating group) is 1. The van der Waals surface area contributed by atoms with Crippen LogP contribution in [0.3, 0.4) is 0 Å². The smallest absolute Gasteiger partial charge is 0.0807 e. The van der Waals surface area contributed by atoms with E-state index in [-0.39, 0.29) is 6.10 Å². The standard InChI is InChI=1S/C15H24N2O/c1-2-16-9-4-5-12(11-16)17-10-8-13-14(17)6-3-7-15(13)18/h8,10,12,15,18H,2-7,9,11H2,1H3. The number of fused-ring (bicyclic) bond motifs is 1. The normalized spacial score (nSPS) is 29.2. The highest BCUT2D eigenvalue weighted by atomic mass is 16.3. The van der Waals surface area contributed by atoms with Crippen LogP contribution in [0.5, 0.6) is 0 Å². The van der Waals surface area contributed by atoms with Gasteiger partial charge in [-0.1, -0.05) is 6.92 Å². The second-order valence-corrected chi connectivity index (χ2v) is 5.72. The topological polar surface area (TPSA) is 28.4 Å². The minimum Gasteiger partial charge on any atom is -0.388 e. The lowest BCUT2D eigenvalue weighted by molar-refractivity contribution is 0.152. The van der Waals surface area contributed by atoms with E-state index >= 15 is 0 Å². The summed E-state index contributed by atoms with van der Waals surface area (Å²) in [6.45, 7) is 5.83. The van der Waals surface area contributed by atoms with Crippen molar-refractivity contribution < 1.29 is 5.11 Å². The van der Waals surface area contributed by atoms with Crippen molar-refractivity contribution in [3.63, 3.8) is 0 Å². The first kappa shape index (κ1) is 12.2. The number of aromatic nitrogens is 1. The SMILES string of the molecule is CCN1CCCC(n2ccc3c2CCCC3O)C1. The van der Waals surface area contributed by atoms with Crippen LogP contribution in [0.2, 0.25) is 0 Å². The van der Waals surface area contributed by atoms with E-state index in [1.807, 2.05) is 0 Å². The molecule has 1 aliphatic carbocycles. The largest absolute Gasteiger partial charge is 0.388 e. The summed E-state index contributed by atoms with van der Waals surface area (Å²) >= 11 is 0. The molecule has 0 radical (unpaired) electrons. The number of piperidine rings is 1. The van der Waals surface area contributed by atoms with Crippen LogP contribution in [0, 0.1) is 0 Å². The Morgan fingerprint density at radius 1 is 1.33 bits per heavy atom. The van der Waals surface area contributed by atoms with Gasteiger partial charge in [0.2, 0.25) is 0 Å². The Morgan fingerprint density at radius 3 is 3.06 bits per heavy atom. The first-order chi connectivity index (χ1) is 8.79. The summed E-state index contributed by atoms with van der Waals surface area (Å²) in [4.78, 5) is 2.54. The second-order valence-electron chi connectivity index (χ2n) is 5.72. The zero-order chi connectivity index (χ0) is 12.5. The molecule has 0 saturated carbocycles. The van der Waals surface area contributed by atoms with Gasteiger partial charge >= 0.3 is 0 Å². The van der Waals surface area contributed by atoms with Crippen LogP contribution in [0.1, 0.15) is 56.0 Å². The lowest BCUT2D eigenvalue weighted by atomic mass is 9.94. The van der Waals surface area contributed by atoms with Gasteiger partial charge in [0.25, 0.3) is 0 Å². The molecule has 1 N–H and O–H groups in total. The van der Waals surface area contributed by atoms with Gasteiger partial charge in [-0.2, -0.15) is 0 Å². The van der Waals surface area contributed by atoms with E-state index in [0.29, 0.717) is 6.04 Å². The van der Waals surface area contributed by atoms with Gasteiger partial charge in [0, 0.05) is 30.0 Å². The van der Waals surface area contributed by atoms with Crippen molar-refractivity contribution in [1.82, 2.24) is 9.47 Å². The predicted molar refractivity (Wildman–Crippen MR) is 72.7 cm³/mol. The number of nitrogens with zero attached hydrogens (tertiary/aromatic N) is 2. The van der Waals surface area contributed by atoms with Gasteiger partial charge < -0.3 is 14.6 Å². The van der Waals surface area contributed by atoms with Crippen LogP contribution in [-0.4, -0.2) is 34.2 Å². The maximum absolute atomic E-state index is 10.0. The fourth-order valence-electron chi connectivity index (χ4n) is 3.58. The molecule has 1 aromatic rings. The number of aliphatic hydroxyl groups excluding tert-OH is 1. The number of likely N-dealkylation sites (tertiary alicyclic amines) is 1. The van der Waals surface area contributed by atoms with Crippen molar-refractivity contribution in [3.05, 3.63) is 23.5 Å². The second kappa shape index (κ2) is 5.06. The van der Waals surface area contributed by atoms with Crippen LogP contribution < -0.4 is 0 Å². The van der Waals surface area contributed by atoms with Crippen LogP contribution in [0.4, 0.5) is 0 Å². The molecule has 0 aromatic carbocycles.